The molecule has 8 heteroatoms. The lowest BCUT2D eigenvalue weighted by Gasteiger charge is -2.26. The van der Waals surface area contributed by atoms with Crippen LogP contribution in [0.5, 0.6) is 5.75 Å². The first kappa shape index (κ1) is 20.9. The first-order valence-electron chi connectivity index (χ1n) is 9.74. The molecule has 2 saturated heterocycles. The van der Waals surface area contributed by atoms with Crippen LogP contribution in [0.1, 0.15) is 16.7 Å². The van der Waals surface area contributed by atoms with Crippen LogP contribution in [0, 0.1) is 13.8 Å². The number of fused-ring (bicyclic) bond motifs is 1. The number of methoxy groups -OCH3 is 1. The molecule has 0 saturated carbocycles. The van der Waals surface area contributed by atoms with E-state index in [9.17, 15) is 13.2 Å². The topological polar surface area (TPSA) is 76.0 Å². The van der Waals surface area contributed by atoms with E-state index in [-0.39, 0.29) is 35.1 Å². The summed E-state index contributed by atoms with van der Waals surface area (Å²) in [5.41, 5.74) is 3.88. The van der Waals surface area contributed by atoms with Gasteiger partial charge >= 0.3 is 0 Å². The number of hydrogen-bond donors (Lipinski definition) is 0. The number of hydrogen-bond acceptors (Lipinski definition) is 5. The molecule has 158 valence electrons. The van der Waals surface area contributed by atoms with Gasteiger partial charge < -0.3 is 9.64 Å². The fourth-order valence-corrected chi connectivity index (χ4v) is 7.81. The van der Waals surface area contributed by atoms with E-state index in [1.165, 1.54) is 11.8 Å². The second kappa shape index (κ2) is 8.07. The van der Waals surface area contributed by atoms with Crippen molar-refractivity contribution in [2.24, 2.45) is 4.99 Å². The van der Waals surface area contributed by atoms with Gasteiger partial charge in [-0.25, -0.2) is 8.42 Å². The third-order valence-corrected chi connectivity index (χ3v) is 8.64. The number of carbonyl (C=O) groups is 1. The van der Waals surface area contributed by atoms with Crippen molar-refractivity contribution in [3.05, 3.63) is 59.2 Å². The van der Waals surface area contributed by atoms with Crippen LogP contribution in [0.4, 0.5) is 5.69 Å². The monoisotopic (exact) mass is 444 g/mol. The minimum absolute atomic E-state index is 0.0870. The number of rotatable bonds is 4. The van der Waals surface area contributed by atoms with Crippen molar-refractivity contribution in [1.82, 2.24) is 0 Å². The third kappa shape index (κ3) is 4.25. The van der Waals surface area contributed by atoms with Crippen LogP contribution in [0.2, 0.25) is 0 Å². The number of sulfone groups is 1. The van der Waals surface area contributed by atoms with E-state index < -0.39 is 9.84 Å². The summed E-state index contributed by atoms with van der Waals surface area (Å²) in [6, 6.07) is 13.2. The van der Waals surface area contributed by atoms with Gasteiger partial charge in [-0.05, 0) is 48.7 Å². The number of benzene rings is 2. The maximum absolute atomic E-state index is 12.7. The predicted octanol–water partition coefficient (Wildman–Crippen LogP) is 3.16. The normalized spacial score (nSPS) is 23.6. The lowest BCUT2D eigenvalue weighted by Crippen LogP contribution is -2.38. The van der Waals surface area contributed by atoms with Crippen LogP contribution in [-0.2, 0) is 21.1 Å². The quantitative estimate of drug-likeness (QED) is 0.721. The Kier molecular flexibility index (Phi) is 5.63. The molecule has 4 rings (SSSR count). The van der Waals surface area contributed by atoms with Crippen LogP contribution in [0.3, 0.4) is 0 Å². The summed E-state index contributed by atoms with van der Waals surface area (Å²) in [5.74, 6) is 0.693. The molecule has 2 atom stereocenters. The van der Waals surface area contributed by atoms with Gasteiger partial charge in [0.2, 0.25) is 0 Å². The number of aliphatic imine (C=N–C) groups is 1. The molecule has 2 aliphatic rings. The molecule has 6 nitrogen and oxygen atoms in total. The maximum Gasteiger partial charge on any atom is 0.252 e. The number of amidine groups is 1. The Morgan fingerprint density at radius 3 is 2.60 bits per heavy atom. The lowest BCUT2D eigenvalue weighted by atomic mass is 10.1. The van der Waals surface area contributed by atoms with Crippen LogP contribution in [0.25, 0.3) is 0 Å². The minimum Gasteiger partial charge on any atom is -0.497 e. The van der Waals surface area contributed by atoms with Crippen molar-refractivity contribution in [3.8, 4) is 5.75 Å². The van der Waals surface area contributed by atoms with Gasteiger partial charge in [0, 0.05) is 10.9 Å². The summed E-state index contributed by atoms with van der Waals surface area (Å²) >= 11 is 1.40. The van der Waals surface area contributed by atoms with Crippen molar-refractivity contribution in [1.29, 1.82) is 0 Å². The molecule has 2 aliphatic heterocycles. The van der Waals surface area contributed by atoms with Gasteiger partial charge in [-0.15, -0.1) is 0 Å². The van der Waals surface area contributed by atoms with E-state index in [0.29, 0.717) is 5.17 Å². The van der Waals surface area contributed by atoms with Gasteiger partial charge in [-0.2, -0.15) is 4.99 Å². The second-order valence-corrected chi connectivity index (χ2v) is 11.1. The molecule has 2 aromatic rings. The third-order valence-electron chi connectivity index (χ3n) is 5.43. The summed E-state index contributed by atoms with van der Waals surface area (Å²) in [6.07, 6.45) is 0.183. The summed E-state index contributed by atoms with van der Waals surface area (Å²) in [6.45, 7) is 3.99. The van der Waals surface area contributed by atoms with Crippen molar-refractivity contribution < 1.29 is 17.9 Å². The van der Waals surface area contributed by atoms with E-state index in [1.807, 2.05) is 61.2 Å². The molecule has 0 N–H and O–H groups in total. The summed E-state index contributed by atoms with van der Waals surface area (Å²) < 4.78 is 29.6. The first-order chi connectivity index (χ1) is 14.3. The zero-order chi connectivity index (χ0) is 21.5. The van der Waals surface area contributed by atoms with E-state index in [2.05, 4.69) is 4.99 Å². The predicted molar refractivity (Wildman–Crippen MR) is 121 cm³/mol. The molecule has 30 heavy (non-hydrogen) atoms. The van der Waals surface area contributed by atoms with Gasteiger partial charge in [0.15, 0.2) is 15.0 Å². The number of carbonyl (C=O) groups excluding carboxylic acids is 1. The molecular weight excluding hydrogens is 420 g/mol. The molecule has 2 heterocycles. The number of ether oxygens (including phenoxy) is 1. The fourth-order valence-electron chi connectivity index (χ4n) is 3.89. The highest BCUT2D eigenvalue weighted by Crippen LogP contribution is 2.42. The molecule has 2 aromatic carbocycles. The summed E-state index contributed by atoms with van der Waals surface area (Å²) in [7, 11) is -1.49. The average molecular weight is 445 g/mol. The molecule has 0 aromatic heterocycles. The molecular formula is C22H24N2O4S2. The Morgan fingerprint density at radius 2 is 1.90 bits per heavy atom. The number of aryl methyl sites for hydroxylation is 2. The van der Waals surface area contributed by atoms with E-state index in [0.717, 1.165) is 28.1 Å². The largest absolute Gasteiger partial charge is 0.497 e. The fraction of sp³-hybridized carbons (Fsp3) is 0.364. The number of amides is 1. The molecule has 0 bridgehead atoms. The summed E-state index contributed by atoms with van der Waals surface area (Å²) in [5, 5.41) is 0.481. The molecule has 0 radical (unpaired) electrons. The van der Waals surface area contributed by atoms with Crippen molar-refractivity contribution in [3.63, 3.8) is 0 Å². The molecule has 0 unspecified atom stereocenters. The molecule has 0 aliphatic carbocycles. The zero-order valence-electron chi connectivity index (χ0n) is 17.2. The number of anilines is 1. The van der Waals surface area contributed by atoms with E-state index in [4.69, 9.17) is 4.74 Å². The van der Waals surface area contributed by atoms with Crippen molar-refractivity contribution in [2.45, 2.75) is 31.6 Å². The molecule has 2 fully saturated rings. The van der Waals surface area contributed by atoms with Gasteiger partial charge in [0.25, 0.3) is 5.91 Å². The van der Waals surface area contributed by atoms with Crippen LogP contribution in [-0.4, -0.2) is 49.4 Å². The lowest BCUT2D eigenvalue weighted by molar-refractivity contribution is -0.117. The van der Waals surface area contributed by atoms with Gasteiger partial charge in [-0.1, -0.05) is 36.0 Å². The van der Waals surface area contributed by atoms with Crippen LogP contribution >= 0.6 is 11.8 Å². The Bertz CT molecular complexity index is 1110. The maximum atomic E-state index is 12.7. The van der Waals surface area contributed by atoms with Gasteiger partial charge in [0.1, 0.15) is 5.75 Å². The summed E-state index contributed by atoms with van der Waals surface area (Å²) in [4.78, 5) is 19.1. The Balaban J connectivity index is 1.64. The highest BCUT2D eigenvalue weighted by Gasteiger charge is 2.49. The Hall–Kier alpha value is -2.32. The first-order valence-corrected chi connectivity index (χ1v) is 12.4. The average Bonchev–Trinajstić information content (AvgIpc) is 3.15. The van der Waals surface area contributed by atoms with Crippen molar-refractivity contribution >= 4 is 38.4 Å². The highest BCUT2D eigenvalue weighted by molar-refractivity contribution is 8.16. The van der Waals surface area contributed by atoms with E-state index in [1.54, 1.807) is 7.11 Å². The van der Waals surface area contributed by atoms with Gasteiger partial charge in [0.05, 0.1) is 31.1 Å². The second-order valence-electron chi connectivity index (χ2n) is 7.77. The van der Waals surface area contributed by atoms with Gasteiger partial charge in [-0.3, -0.25) is 4.79 Å². The number of nitrogens with zero attached hydrogens (tertiary/aromatic N) is 2. The molecule has 0 spiro atoms. The minimum atomic E-state index is -3.09. The Labute approximate surface area is 181 Å². The molecule has 1 amide bonds. The standard InChI is InChI=1S/C22H24N2O4S2/c1-14-4-5-15(2)18(10-14)24-19-12-30(26,27)13-20(19)29-22(24)23-21(25)11-16-6-8-17(28-3)9-7-16/h4-10,19-20H,11-13H2,1-3H3/t19-,20+/m1/s1. The van der Waals surface area contributed by atoms with E-state index >= 15 is 0 Å². The van der Waals surface area contributed by atoms with Crippen molar-refractivity contribution in [2.75, 3.05) is 23.5 Å². The zero-order valence-corrected chi connectivity index (χ0v) is 18.8. The smallest absolute Gasteiger partial charge is 0.252 e. The Morgan fingerprint density at radius 1 is 1.17 bits per heavy atom. The van der Waals surface area contributed by atoms with Crippen LogP contribution < -0.4 is 9.64 Å². The van der Waals surface area contributed by atoms with Crippen LogP contribution in [0.15, 0.2) is 47.5 Å². The highest BCUT2D eigenvalue weighted by atomic mass is 32.2. The number of thioether (sulfide) groups is 1. The SMILES string of the molecule is COc1ccc(CC(=O)N=C2S[C@H]3CS(=O)(=O)C[C@H]3N2c2cc(C)ccc2C)cc1.